The summed E-state index contributed by atoms with van der Waals surface area (Å²) >= 11 is 0. The quantitative estimate of drug-likeness (QED) is 0.662. The molecule has 2 aromatic carbocycles. The molecule has 3 aromatic rings. The molecule has 24 heavy (non-hydrogen) atoms. The van der Waals surface area contributed by atoms with E-state index in [2.05, 4.69) is 6.92 Å². The van der Waals surface area contributed by atoms with Gasteiger partial charge >= 0.3 is 0 Å². The van der Waals surface area contributed by atoms with Gasteiger partial charge in [0.05, 0.1) is 5.52 Å². The van der Waals surface area contributed by atoms with E-state index in [1.54, 1.807) is 0 Å². The molecule has 0 radical (unpaired) electrons. The Balaban J connectivity index is 1.74. The molecule has 3 nitrogen and oxygen atoms in total. The number of ether oxygens (including phenoxy) is 1. The zero-order chi connectivity index (χ0) is 16.5. The summed E-state index contributed by atoms with van der Waals surface area (Å²) in [5, 5.41) is 1.00. The summed E-state index contributed by atoms with van der Waals surface area (Å²) in [5.74, 6) is 1.63. The van der Waals surface area contributed by atoms with Gasteiger partial charge in [0.25, 0.3) is 0 Å². The number of hydrogen-bond acceptors (Lipinski definition) is 3. The van der Waals surface area contributed by atoms with Gasteiger partial charge in [-0.15, -0.1) is 0 Å². The summed E-state index contributed by atoms with van der Waals surface area (Å²) in [5.41, 5.74) is 12.0. The lowest BCUT2D eigenvalue weighted by Gasteiger charge is -2.13. The van der Waals surface area contributed by atoms with Gasteiger partial charge in [-0.05, 0) is 68.5 Å². The van der Waals surface area contributed by atoms with Crippen LogP contribution in [0, 0.1) is 6.92 Å². The fraction of sp³-hybridized carbons (Fsp3) is 0.286. The Bertz CT molecular complexity index is 884. The van der Waals surface area contributed by atoms with Crippen molar-refractivity contribution in [3.05, 3.63) is 59.3 Å². The van der Waals surface area contributed by atoms with Crippen LogP contribution < -0.4 is 10.5 Å². The molecule has 1 aliphatic rings. The maximum atomic E-state index is 6.50. The Hall–Kier alpha value is -2.55. The summed E-state index contributed by atoms with van der Waals surface area (Å²) in [6.45, 7) is 2.07. The van der Waals surface area contributed by atoms with E-state index in [0.29, 0.717) is 0 Å². The number of hydrogen-bond donors (Lipinski definition) is 1. The minimum Gasteiger partial charge on any atom is -0.457 e. The van der Waals surface area contributed by atoms with E-state index in [4.69, 9.17) is 15.5 Å². The van der Waals surface area contributed by atoms with Gasteiger partial charge in [0.15, 0.2) is 0 Å². The molecular formula is C21H22N2O. The van der Waals surface area contributed by atoms with E-state index in [-0.39, 0.29) is 0 Å². The Labute approximate surface area is 142 Å². The molecule has 1 aliphatic carbocycles. The molecule has 2 N–H and O–H groups in total. The van der Waals surface area contributed by atoms with Crippen molar-refractivity contribution in [3.8, 4) is 11.5 Å². The van der Waals surface area contributed by atoms with E-state index in [1.807, 2.05) is 42.5 Å². The maximum absolute atomic E-state index is 6.50. The van der Waals surface area contributed by atoms with Gasteiger partial charge in [0.2, 0.25) is 0 Å². The van der Waals surface area contributed by atoms with Crippen LogP contribution in [0.2, 0.25) is 0 Å². The SMILES string of the molecule is Cc1ccc(Oc2ccc3nc4c(c(N)c3c2)CCCCC4)cc1. The molecule has 0 saturated carbocycles. The Morgan fingerprint density at radius 1 is 0.917 bits per heavy atom. The third kappa shape index (κ3) is 2.82. The number of rotatable bonds is 2. The van der Waals surface area contributed by atoms with Gasteiger partial charge < -0.3 is 10.5 Å². The number of aryl methyl sites for hydroxylation is 2. The molecule has 122 valence electrons. The molecule has 1 heterocycles. The second-order valence-corrected chi connectivity index (χ2v) is 6.61. The second kappa shape index (κ2) is 6.16. The first kappa shape index (κ1) is 15.0. The summed E-state index contributed by atoms with van der Waals surface area (Å²) < 4.78 is 5.98. The van der Waals surface area contributed by atoms with Crippen molar-refractivity contribution in [3.63, 3.8) is 0 Å². The van der Waals surface area contributed by atoms with Crippen LogP contribution in [0.5, 0.6) is 11.5 Å². The minimum absolute atomic E-state index is 0.799. The minimum atomic E-state index is 0.799. The third-order valence-electron chi connectivity index (χ3n) is 4.78. The number of benzene rings is 2. The molecule has 0 atom stereocenters. The van der Waals surface area contributed by atoms with Crippen molar-refractivity contribution in [1.29, 1.82) is 0 Å². The van der Waals surface area contributed by atoms with E-state index < -0.39 is 0 Å². The fourth-order valence-electron chi connectivity index (χ4n) is 3.42. The van der Waals surface area contributed by atoms with Crippen molar-refractivity contribution >= 4 is 16.6 Å². The summed E-state index contributed by atoms with van der Waals surface area (Å²) in [4.78, 5) is 4.86. The second-order valence-electron chi connectivity index (χ2n) is 6.61. The summed E-state index contributed by atoms with van der Waals surface area (Å²) in [6, 6.07) is 14.1. The topological polar surface area (TPSA) is 48.1 Å². The number of nitrogen functional groups attached to an aromatic ring is 1. The normalized spacial score (nSPS) is 14.2. The highest BCUT2D eigenvalue weighted by molar-refractivity contribution is 5.93. The van der Waals surface area contributed by atoms with Crippen molar-refractivity contribution in [2.45, 2.75) is 39.0 Å². The van der Waals surface area contributed by atoms with Crippen molar-refractivity contribution in [1.82, 2.24) is 4.98 Å². The van der Waals surface area contributed by atoms with Gasteiger partial charge in [-0.3, -0.25) is 4.98 Å². The molecule has 0 fully saturated rings. The van der Waals surface area contributed by atoms with Gasteiger partial charge in [0, 0.05) is 16.8 Å². The number of anilines is 1. The van der Waals surface area contributed by atoms with Crippen molar-refractivity contribution in [2.24, 2.45) is 0 Å². The van der Waals surface area contributed by atoms with Gasteiger partial charge in [-0.1, -0.05) is 24.1 Å². The van der Waals surface area contributed by atoms with Crippen molar-refractivity contribution in [2.75, 3.05) is 5.73 Å². The number of aromatic nitrogens is 1. The predicted molar refractivity (Wildman–Crippen MR) is 98.7 cm³/mol. The summed E-state index contributed by atoms with van der Waals surface area (Å²) in [7, 11) is 0. The lowest BCUT2D eigenvalue weighted by molar-refractivity contribution is 0.483. The average Bonchev–Trinajstić information content (AvgIpc) is 2.83. The van der Waals surface area contributed by atoms with Crippen LogP contribution in [0.3, 0.4) is 0 Å². The lowest BCUT2D eigenvalue weighted by atomic mass is 10.0. The number of fused-ring (bicyclic) bond motifs is 2. The van der Waals surface area contributed by atoms with Crippen LogP contribution in [0.1, 0.15) is 36.1 Å². The van der Waals surface area contributed by atoms with Crippen LogP contribution in [-0.2, 0) is 12.8 Å². The highest BCUT2D eigenvalue weighted by Crippen LogP contribution is 2.33. The third-order valence-corrected chi connectivity index (χ3v) is 4.78. The molecule has 0 spiro atoms. The van der Waals surface area contributed by atoms with Gasteiger partial charge in [-0.2, -0.15) is 0 Å². The average molecular weight is 318 g/mol. The summed E-state index contributed by atoms with van der Waals surface area (Å²) in [6.07, 6.45) is 5.74. The molecular weight excluding hydrogens is 296 g/mol. The zero-order valence-electron chi connectivity index (χ0n) is 14.0. The predicted octanol–water partition coefficient (Wildman–Crippen LogP) is 5.19. The standard InChI is InChI=1S/C21H22N2O/c1-14-7-9-15(10-8-14)24-16-11-12-20-18(13-16)21(22)17-5-3-2-4-6-19(17)23-20/h7-13H,2-6H2,1H3,(H2,22,23). The molecule has 4 rings (SSSR count). The van der Waals surface area contributed by atoms with E-state index >= 15 is 0 Å². The largest absolute Gasteiger partial charge is 0.457 e. The highest BCUT2D eigenvalue weighted by Gasteiger charge is 2.16. The molecule has 0 bridgehead atoms. The van der Waals surface area contributed by atoms with Crippen LogP contribution >= 0.6 is 0 Å². The van der Waals surface area contributed by atoms with Gasteiger partial charge in [-0.25, -0.2) is 0 Å². The Morgan fingerprint density at radius 2 is 1.67 bits per heavy atom. The highest BCUT2D eigenvalue weighted by atomic mass is 16.5. The lowest BCUT2D eigenvalue weighted by Crippen LogP contribution is -2.03. The monoisotopic (exact) mass is 318 g/mol. The number of nitrogens with two attached hydrogens (primary N) is 1. The van der Waals surface area contributed by atoms with Crippen molar-refractivity contribution < 1.29 is 4.74 Å². The number of nitrogens with zero attached hydrogens (tertiary/aromatic N) is 1. The van der Waals surface area contributed by atoms with Crippen LogP contribution in [0.4, 0.5) is 5.69 Å². The smallest absolute Gasteiger partial charge is 0.128 e. The van der Waals surface area contributed by atoms with E-state index in [1.165, 1.54) is 36.1 Å². The van der Waals surface area contributed by atoms with Crippen LogP contribution in [0.25, 0.3) is 10.9 Å². The number of pyridine rings is 1. The molecule has 0 saturated heterocycles. The van der Waals surface area contributed by atoms with E-state index in [9.17, 15) is 0 Å². The first-order valence-electron chi connectivity index (χ1n) is 8.66. The Morgan fingerprint density at radius 3 is 2.50 bits per heavy atom. The molecule has 0 unspecified atom stereocenters. The van der Waals surface area contributed by atoms with E-state index in [0.717, 1.165) is 40.9 Å². The molecule has 0 amide bonds. The first-order chi connectivity index (χ1) is 11.7. The molecule has 0 aliphatic heterocycles. The van der Waals surface area contributed by atoms with Crippen LogP contribution in [0.15, 0.2) is 42.5 Å². The Kier molecular flexibility index (Phi) is 3.85. The van der Waals surface area contributed by atoms with Crippen LogP contribution in [-0.4, -0.2) is 4.98 Å². The molecule has 3 heteroatoms. The zero-order valence-corrected chi connectivity index (χ0v) is 14.0. The first-order valence-corrected chi connectivity index (χ1v) is 8.66. The maximum Gasteiger partial charge on any atom is 0.128 e. The van der Waals surface area contributed by atoms with Gasteiger partial charge in [0.1, 0.15) is 11.5 Å². The fourth-order valence-corrected chi connectivity index (χ4v) is 3.42. The molecule has 1 aromatic heterocycles.